The maximum absolute atomic E-state index is 11.9. The molecule has 0 unspecified atom stereocenters. The Morgan fingerprint density at radius 3 is 1.74 bits per heavy atom. The summed E-state index contributed by atoms with van der Waals surface area (Å²) in [6, 6.07) is 0. The largest absolute Gasteiger partial charge is 0.463 e. The summed E-state index contributed by atoms with van der Waals surface area (Å²) >= 11 is 0. The average Bonchev–Trinajstić information content (AvgIpc) is 2.68. The Morgan fingerprint density at radius 2 is 1.22 bits per heavy atom. The molecule has 153 valence electrons. The van der Waals surface area contributed by atoms with Crippen LogP contribution < -0.4 is 0 Å². The van der Waals surface area contributed by atoms with Gasteiger partial charge in [0.05, 0.1) is 0 Å². The fourth-order valence-corrected chi connectivity index (χ4v) is 2.22. The second-order valence-electron chi connectivity index (χ2n) is 5.77. The van der Waals surface area contributed by atoms with E-state index >= 15 is 0 Å². The Balaban J connectivity index is 3.05. The third-order valence-corrected chi connectivity index (χ3v) is 3.77. The minimum Gasteiger partial charge on any atom is -0.463 e. The molecular formula is C18H27O9. The molecule has 0 aromatic heterocycles. The van der Waals surface area contributed by atoms with E-state index in [0.29, 0.717) is 0 Å². The van der Waals surface area contributed by atoms with Gasteiger partial charge in [-0.3, -0.25) is 19.2 Å². The van der Waals surface area contributed by atoms with Gasteiger partial charge in [0.2, 0.25) is 0 Å². The Kier molecular flexibility index (Phi) is 9.77. The van der Waals surface area contributed by atoms with Gasteiger partial charge in [-0.05, 0) is 0 Å². The van der Waals surface area contributed by atoms with Crippen LogP contribution in [0.3, 0.4) is 0 Å². The molecule has 4 atom stereocenters. The van der Waals surface area contributed by atoms with E-state index in [9.17, 15) is 19.2 Å². The zero-order valence-corrected chi connectivity index (χ0v) is 16.1. The second kappa shape index (κ2) is 11.5. The van der Waals surface area contributed by atoms with Crippen LogP contribution >= 0.6 is 0 Å². The molecule has 0 N–H and O–H groups in total. The van der Waals surface area contributed by atoms with Gasteiger partial charge < -0.3 is 23.7 Å². The molecule has 1 fully saturated rings. The van der Waals surface area contributed by atoms with E-state index in [4.69, 9.17) is 23.7 Å². The van der Waals surface area contributed by atoms with E-state index in [2.05, 4.69) is 0 Å². The minimum atomic E-state index is -1.11. The lowest BCUT2D eigenvalue weighted by Gasteiger charge is -2.40. The van der Waals surface area contributed by atoms with Gasteiger partial charge in [-0.1, -0.05) is 27.7 Å². The van der Waals surface area contributed by atoms with Gasteiger partial charge in [-0.15, -0.1) is 0 Å². The molecule has 1 rings (SSSR count). The van der Waals surface area contributed by atoms with E-state index in [1.54, 1.807) is 27.7 Å². The first-order valence-electron chi connectivity index (χ1n) is 9.08. The summed E-state index contributed by atoms with van der Waals surface area (Å²) in [5.41, 5.74) is 0. The molecule has 1 radical (unpaired) electrons. The van der Waals surface area contributed by atoms with Crippen LogP contribution in [0, 0.1) is 6.61 Å². The molecule has 1 aliphatic rings. The van der Waals surface area contributed by atoms with Gasteiger partial charge in [-0.2, -0.15) is 0 Å². The molecule has 0 aromatic rings. The first-order chi connectivity index (χ1) is 12.9. The van der Waals surface area contributed by atoms with Crippen LogP contribution in [0.4, 0.5) is 0 Å². The third kappa shape index (κ3) is 7.16. The Bertz CT molecular complexity index is 531. The normalized spacial score (nSPS) is 24.6. The van der Waals surface area contributed by atoms with Gasteiger partial charge in [0.15, 0.2) is 18.3 Å². The highest BCUT2D eigenvalue weighted by Gasteiger charge is 2.48. The molecule has 27 heavy (non-hydrogen) atoms. The van der Waals surface area contributed by atoms with Crippen molar-refractivity contribution in [1.82, 2.24) is 0 Å². The molecule has 0 bridgehead atoms. The van der Waals surface area contributed by atoms with E-state index in [1.807, 2.05) is 0 Å². The molecule has 9 heteroatoms. The summed E-state index contributed by atoms with van der Waals surface area (Å²) in [6.45, 7) is 7.44. The monoisotopic (exact) mass is 387 g/mol. The standard InChI is InChI=1S/C18H27O9/c1-5-13(19)24-9-11-17(26-15(21)7-3)18(27-16(22)8-4)12(10-23-11)25-14(20)6-2/h10-12,17-18H,5-9H2,1-4H3/t11-,12-,17+,18+/m1/s1. The second-order valence-corrected chi connectivity index (χ2v) is 5.77. The lowest BCUT2D eigenvalue weighted by molar-refractivity contribution is -0.219. The van der Waals surface area contributed by atoms with Crippen LogP contribution in [0.25, 0.3) is 0 Å². The predicted octanol–water partition coefficient (Wildman–Crippen LogP) is 1.47. The van der Waals surface area contributed by atoms with Crippen molar-refractivity contribution in [3.63, 3.8) is 0 Å². The number of hydrogen-bond donors (Lipinski definition) is 0. The zero-order chi connectivity index (χ0) is 20.4. The molecular weight excluding hydrogens is 360 g/mol. The quantitative estimate of drug-likeness (QED) is 0.428. The van der Waals surface area contributed by atoms with Crippen molar-refractivity contribution >= 4 is 23.9 Å². The van der Waals surface area contributed by atoms with E-state index in [0.717, 1.165) is 0 Å². The molecule has 1 aliphatic heterocycles. The number of carbonyl (C=O) groups excluding carboxylic acids is 4. The Labute approximate surface area is 158 Å². The van der Waals surface area contributed by atoms with Crippen LogP contribution in [-0.4, -0.2) is 54.9 Å². The van der Waals surface area contributed by atoms with Crippen LogP contribution in [0.2, 0.25) is 0 Å². The highest BCUT2D eigenvalue weighted by Crippen LogP contribution is 2.27. The van der Waals surface area contributed by atoms with Gasteiger partial charge in [-0.25, -0.2) is 0 Å². The van der Waals surface area contributed by atoms with E-state index in [-0.39, 0.29) is 32.3 Å². The minimum absolute atomic E-state index is 0.0789. The maximum Gasteiger partial charge on any atom is 0.306 e. The Morgan fingerprint density at radius 1 is 0.741 bits per heavy atom. The van der Waals surface area contributed by atoms with E-state index in [1.165, 1.54) is 6.61 Å². The molecule has 0 amide bonds. The smallest absolute Gasteiger partial charge is 0.306 e. The number of carbonyl (C=O) groups is 4. The molecule has 1 saturated heterocycles. The summed E-state index contributed by atoms with van der Waals surface area (Å²) < 4.78 is 26.6. The van der Waals surface area contributed by atoms with Crippen molar-refractivity contribution in [1.29, 1.82) is 0 Å². The van der Waals surface area contributed by atoms with Gasteiger partial charge in [0.25, 0.3) is 0 Å². The lowest BCUT2D eigenvalue weighted by Crippen LogP contribution is -2.57. The summed E-state index contributed by atoms with van der Waals surface area (Å²) in [7, 11) is 0. The molecule has 0 spiro atoms. The first-order valence-corrected chi connectivity index (χ1v) is 9.08. The first kappa shape index (κ1) is 22.9. The summed E-state index contributed by atoms with van der Waals surface area (Å²) in [4.78, 5) is 46.8. The number of rotatable bonds is 9. The average molecular weight is 387 g/mol. The van der Waals surface area contributed by atoms with Gasteiger partial charge in [0, 0.05) is 25.7 Å². The van der Waals surface area contributed by atoms with Crippen molar-refractivity contribution in [3.8, 4) is 0 Å². The molecule has 0 aromatic carbocycles. The van der Waals surface area contributed by atoms with Crippen molar-refractivity contribution in [3.05, 3.63) is 6.61 Å². The van der Waals surface area contributed by atoms with Crippen molar-refractivity contribution in [2.24, 2.45) is 0 Å². The van der Waals surface area contributed by atoms with Crippen molar-refractivity contribution < 1.29 is 42.9 Å². The number of ether oxygens (including phenoxy) is 5. The fraction of sp³-hybridized carbons (Fsp3) is 0.722. The van der Waals surface area contributed by atoms with Crippen LogP contribution in [-0.2, 0) is 42.9 Å². The molecule has 1 heterocycles. The van der Waals surface area contributed by atoms with Crippen molar-refractivity contribution in [2.45, 2.75) is 77.8 Å². The summed E-state index contributed by atoms with van der Waals surface area (Å²) in [5, 5.41) is 0. The highest BCUT2D eigenvalue weighted by molar-refractivity contribution is 5.71. The van der Waals surface area contributed by atoms with Crippen LogP contribution in [0.15, 0.2) is 0 Å². The fourth-order valence-electron chi connectivity index (χ4n) is 2.22. The topological polar surface area (TPSA) is 114 Å². The molecule has 0 saturated carbocycles. The number of esters is 4. The molecule has 9 nitrogen and oxygen atoms in total. The lowest BCUT2D eigenvalue weighted by atomic mass is 9.99. The van der Waals surface area contributed by atoms with E-state index < -0.39 is 48.3 Å². The van der Waals surface area contributed by atoms with Crippen LogP contribution in [0.5, 0.6) is 0 Å². The highest BCUT2D eigenvalue weighted by atomic mass is 16.7. The maximum atomic E-state index is 11.9. The van der Waals surface area contributed by atoms with Gasteiger partial charge >= 0.3 is 23.9 Å². The molecule has 0 aliphatic carbocycles. The van der Waals surface area contributed by atoms with Gasteiger partial charge in [0.1, 0.15) is 19.3 Å². The zero-order valence-electron chi connectivity index (χ0n) is 16.1. The SMILES string of the molecule is CCC(=O)OC[C@H]1O[CH][C@@H](OC(=O)CC)[C@H](OC(=O)CC)[C@H]1OC(=O)CC. The number of hydrogen-bond acceptors (Lipinski definition) is 9. The summed E-state index contributed by atoms with van der Waals surface area (Å²) in [5.74, 6) is -2.11. The Hall–Kier alpha value is -2.16. The third-order valence-electron chi connectivity index (χ3n) is 3.77. The summed E-state index contributed by atoms with van der Waals surface area (Å²) in [6.07, 6.45) is -3.73. The predicted molar refractivity (Wildman–Crippen MR) is 90.9 cm³/mol. The van der Waals surface area contributed by atoms with Crippen LogP contribution in [0.1, 0.15) is 53.4 Å². The van der Waals surface area contributed by atoms with Crippen molar-refractivity contribution in [2.75, 3.05) is 6.61 Å².